The lowest BCUT2D eigenvalue weighted by Gasteiger charge is -2.29. The van der Waals surface area contributed by atoms with Crippen LogP contribution in [0.15, 0.2) is 34.9 Å². The van der Waals surface area contributed by atoms with Crippen molar-refractivity contribution in [2.24, 2.45) is 11.7 Å². The molecule has 1 aliphatic carbocycles. The monoisotopic (exact) mass is 331 g/mol. The van der Waals surface area contributed by atoms with Crippen LogP contribution >= 0.6 is 0 Å². The molecule has 128 valence electrons. The predicted molar refractivity (Wildman–Crippen MR) is 88.5 cm³/mol. The molecular weight excluding hydrogens is 309 g/mol. The number of oxazole rings is 1. The molecule has 0 spiro atoms. The summed E-state index contributed by atoms with van der Waals surface area (Å²) in [5, 5.41) is 3.03. The van der Waals surface area contributed by atoms with Crippen LogP contribution in [0.25, 0.3) is 11.3 Å². The maximum atomic E-state index is 13.7. The third kappa shape index (κ3) is 3.64. The number of halogens is 1. The molecule has 24 heavy (non-hydrogen) atoms. The van der Waals surface area contributed by atoms with Gasteiger partial charge in [0.15, 0.2) is 11.7 Å². The largest absolute Gasteiger partial charge is 0.441 e. The van der Waals surface area contributed by atoms with Gasteiger partial charge in [-0.2, -0.15) is 0 Å². The lowest BCUT2D eigenvalue weighted by Crippen LogP contribution is -2.53. The maximum Gasteiger partial charge on any atom is 0.220 e. The highest BCUT2D eigenvalue weighted by Gasteiger charge is 2.41. The fraction of sp³-hybridized carbons (Fsp3) is 0.444. The molecule has 1 saturated carbocycles. The van der Waals surface area contributed by atoms with Crippen LogP contribution in [-0.4, -0.2) is 23.0 Å². The minimum atomic E-state index is -0.360. The van der Waals surface area contributed by atoms with Gasteiger partial charge in [-0.15, -0.1) is 0 Å². The molecule has 1 amide bonds. The van der Waals surface area contributed by atoms with Crippen molar-refractivity contribution >= 4 is 5.91 Å². The molecule has 1 heterocycles. The van der Waals surface area contributed by atoms with Crippen LogP contribution in [-0.2, 0) is 11.2 Å². The molecule has 1 aromatic carbocycles. The summed E-state index contributed by atoms with van der Waals surface area (Å²) >= 11 is 0. The van der Waals surface area contributed by atoms with Gasteiger partial charge in [0.1, 0.15) is 5.82 Å². The number of rotatable bonds is 7. The number of nitrogens with zero attached hydrogens (tertiary/aromatic N) is 1. The van der Waals surface area contributed by atoms with Crippen LogP contribution in [0.1, 0.15) is 32.1 Å². The van der Waals surface area contributed by atoms with E-state index in [4.69, 9.17) is 10.2 Å². The average molecular weight is 331 g/mol. The Morgan fingerprint density at radius 1 is 1.46 bits per heavy atom. The summed E-state index contributed by atoms with van der Waals surface area (Å²) in [4.78, 5) is 16.3. The van der Waals surface area contributed by atoms with E-state index in [0.717, 1.165) is 12.8 Å². The summed E-state index contributed by atoms with van der Waals surface area (Å²) in [5.74, 6) is 0.833. The van der Waals surface area contributed by atoms with E-state index in [1.807, 2.05) is 6.92 Å². The van der Waals surface area contributed by atoms with Gasteiger partial charge in [0.25, 0.3) is 0 Å². The fourth-order valence-electron chi connectivity index (χ4n) is 2.85. The van der Waals surface area contributed by atoms with Gasteiger partial charge in [-0.25, -0.2) is 9.37 Å². The Labute approximate surface area is 140 Å². The quantitative estimate of drug-likeness (QED) is 0.817. The Kier molecular flexibility index (Phi) is 4.66. The third-order valence-electron chi connectivity index (χ3n) is 4.59. The molecule has 0 aliphatic heterocycles. The summed E-state index contributed by atoms with van der Waals surface area (Å²) in [7, 11) is 0. The summed E-state index contributed by atoms with van der Waals surface area (Å²) in [5.41, 5.74) is 5.84. The number of nitrogens with one attached hydrogen (secondary N) is 1. The highest BCUT2D eigenvalue weighted by Crippen LogP contribution is 2.39. The zero-order chi connectivity index (χ0) is 17.2. The minimum Gasteiger partial charge on any atom is -0.441 e. The average Bonchev–Trinajstić information content (AvgIpc) is 3.33. The first-order chi connectivity index (χ1) is 11.5. The van der Waals surface area contributed by atoms with Crippen molar-refractivity contribution < 1.29 is 13.6 Å². The Balaban J connectivity index is 1.57. The molecule has 5 nitrogen and oxygen atoms in total. The molecule has 0 bridgehead atoms. The predicted octanol–water partition coefficient (Wildman–Crippen LogP) is 2.66. The van der Waals surface area contributed by atoms with Gasteiger partial charge < -0.3 is 15.5 Å². The highest BCUT2D eigenvalue weighted by molar-refractivity contribution is 5.77. The SMILES string of the molecule is CC(CN)(NC(=O)CCc1ncc(-c2ccccc2F)o1)C1CC1. The van der Waals surface area contributed by atoms with Crippen molar-refractivity contribution in [3.05, 3.63) is 42.2 Å². The third-order valence-corrected chi connectivity index (χ3v) is 4.59. The van der Waals surface area contributed by atoms with Gasteiger partial charge in [-0.1, -0.05) is 12.1 Å². The summed E-state index contributed by atoms with van der Waals surface area (Å²) in [6.45, 7) is 2.42. The molecular formula is C18H22FN3O2. The van der Waals surface area contributed by atoms with Crippen LogP contribution in [0.4, 0.5) is 4.39 Å². The van der Waals surface area contributed by atoms with Crippen molar-refractivity contribution in [1.29, 1.82) is 0 Å². The molecule has 1 aliphatic rings. The lowest BCUT2D eigenvalue weighted by molar-refractivity contribution is -0.123. The van der Waals surface area contributed by atoms with Crippen molar-refractivity contribution in [3.8, 4) is 11.3 Å². The van der Waals surface area contributed by atoms with E-state index < -0.39 is 0 Å². The Hall–Kier alpha value is -2.21. The van der Waals surface area contributed by atoms with Crippen LogP contribution in [0.2, 0.25) is 0 Å². The van der Waals surface area contributed by atoms with E-state index in [1.165, 1.54) is 12.3 Å². The summed E-state index contributed by atoms with van der Waals surface area (Å²) in [6, 6.07) is 6.36. The van der Waals surface area contributed by atoms with Gasteiger partial charge in [0, 0.05) is 19.4 Å². The Bertz CT molecular complexity index is 727. The zero-order valence-corrected chi connectivity index (χ0v) is 13.7. The van der Waals surface area contributed by atoms with E-state index in [2.05, 4.69) is 10.3 Å². The molecule has 1 atom stereocenters. The smallest absolute Gasteiger partial charge is 0.220 e. The number of benzene rings is 1. The van der Waals surface area contributed by atoms with Gasteiger partial charge >= 0.3 is 0 Å². The number of aryl methyl sites for hydroxylation is 1. The van der Waals surface area contributed by atoms with Crippen molar-refractivity contribution in [2.45, 2.75) is 38.1 Å². The summed E-state index contributed by atoms with van der Waals surface area (Å²) in [6.07, 6.45) is 4.34. The second-order valence-electron chi connectivity index (χ2n) is 6.54. The van der Waals surface area contributed by atoms with Gasteiger partial charge in [0.05, 0.1) is 17.3 Å². The van der Waals surface area contributed by atoms with Gasteiger partial charge in [0.2, 0.25) is 5.91 Å². The second kappa shape index (κ2) is 6.73. The minimum absolute atomic E-state index is 0.0690. The first-order valence-corrected chi connectivity index (χ1v) is 8.22. The lowest BCUT2D eigenvalue weighted by atomic mass is 9.95. The van der Waals surface area contributed by atoms with Crippen molar-refractivity contribution in [2.75, 3.05) is 6.54 Å². The molecule has 1 aromatic heterocycles. The number of carbonyl (C=O) groups excluding carboxylic acids is 1. The van der Waals surface area contributed by atoms with Crippen molar-refractivity contribution in [3.63, 3.8) is 0 Å². The number of aromatic nitrogens is 1. The molecule has 3 N–H and O–H groups in total. The highest BCUT2D eigenvalue weighted by atomic mass is 19.1. The Morgan fingerprint density at radius 3 is 2.88 bits per heavy atom. The molecule has 3 rings (SSSR count). The van der Waals surface area contributed by atoms with E-state index in [1.54, 1.807) is 18.2 Å². The van der Waals surface area contributed by atoms with E-state index in [9.17, 15) is 9.18 Å². The van der Waals surface area contributed by atoms with Gasteiger partial charge in [-0.3, -0.25) is 4.79 Å². The molecule has 1 fully saturated rings. The van der Waals surface area contributed by atoms with E-state index in [0.29, 0.717) is 36.1 Å². The fourth-order valence-corrected chi connectivity index (χ4v) is 2.85. The van der Waals surface area contributed by atoms with Crippen molar-refractivity contribution in [1.82, 2.24) is 10.3 Å². The molecule has 0 radical (unpaired) electrons. The number of hydrogen-bond donors (Lipinski definition) is 2. The van der Waals surface area contributed by atoms with Gasteiger partial charge in [-0.05, 0) is 37.8 Å². The molecule has 1 unspecified atom stereocenters. The first-order valence-electron chi connectivity index (χ1n) is 8.22. The topological polar surface area (TPSA) is 81.1 Å². The molecule has 0 saturated heterocycles. The normalized spacial score (nSPS) is 16.6. The number of hydrogen-bond acceptors (Lipinski definition) is 4. The van der Waals surface area contributed by atoms with Crippen LogP contribution in [0.3, 0.4) is 0 Å². The van der Waals surface area contributed by atoms with E-state index >= 15 is 0 Å². The van der Waals surface area contributed by atoms with E-state index in [-0.39, 0.29) is 23.7 Å². The number of amides is 1. The van der Waals surface area contributed by atoms with Crippen LogP contribution in [0, 0.1) is 11.7 Å². The standard InChI is InChI=1S/C18H22FN3O2/c1-18(11-20,12-6-7-12)22-16(23)8-9-17-21-10-15(24-17)13-4-2-3-5-14(13)19/h2-5,10,12H,6-9,11,20H2,1H3,(H,22,23). The molecule has 6 heteroatoms. The van der Waals surface area contributed by atoms with Crippen LogP contribution < -0.4 is 11.1 Å². The zero-order valence-electron chi connectivity index (χ0n) is 13.7. The Morgan fingerprint density at radius 2 is 2.21 bits per heavy atom. The molecule has 2 aromatic rings. The maximum absolute atomic E-state index is 13.7. The second-order valence-corrected chi connectivity index (χ2v) is 6.54. The summed E-state index contributed by atoms with van der Waals surface area (Å²) < 4.78 is 19.3. The first kappa shape index (κ1) is 16.6. The number of carbonyl (C=O) groups is 1. The number of nitrogens with two attached hydrogens (primary N) is 1. The van der Waals surface area contributed by atoms with Crippen LogP contribution in [0.5, 0.6) is 0 Å².